The highest BCUT2D eigenvalue weighted by Crippen LogP contribution is 2.08. The molecule has 0 aliphatic heterocycles. The van der Waals surface area contributed by atoms with Gasteiger partial charge >= 0.3 is 0 Å². The number of nitrogens with one attached hydrogen (secondary N) is 2. The lowest BCUT2D eigenvalue weighted by Gasteiger charge is -2.11. The molecule has 1 unspecified atom stereocenters. The molecule has 6 heteroatoms. The van der Waals surface area contributed by atoms with E-state index < -0.39 is 0 Å². The summed E-state index contributed by atoms with van der Waals surface area (Å²) in [5.74, 6) is 0.255. The first-order chi connectivity index (χ1) is 9.11. The first-order valence-electron chi connectivity index (χ1n) is 6.67. The molecule has 0 fully saturated rings. The summed E-state index contributed by atoms with van der Waals surface area (Å²) in [6.07, 6.45) is 1.86. The van der Waals surface area contributed by atoms with Crippen LogP contribution in [0.3, 0.4) is 0 Å². The van der Waals surface area contributed by atoms with E-state index in [1.165, 1.54) is 12.1 Å². The maximum absolute atomic E-state index is 12.9. The SMILES string of the molecule is CCC(C)NC(N)=NCCCNc1cccc(F)c1.I. The van der Waals surface area contributed by atoms with E-state index >= 15 is 0 Å². The number of rotatable bonds is 7. The average molecular weight is 394 g/mol. The number of guanidine groups is 1. The van der Waals surface area contributed by atoms with E-state index in [9.17, 15) is 4.39 Å². The molecule has 1 atom stereocenters. The Hall–Kier alpha value is -1.05. The molecule has 1 aromatic rings. The molecule has 0 amide bonds. The maximum atomic E-state index is 12.9. The molecule has 0 radical (unpaired) electrons. The standard InChI is InChI=1S/C14H23FN4.HI/c1-3-11(2)19-14(16)18-9-5-8-17-13-7-4-6-12(15)10-13;/h4,6-7,10-11,17H,3,5,8-9H2,1-2H3,(H3,16,18,19);1H. The van der Waals surface area contributed by atoms with E-state index in [1.807, 2.05) is 6.07 Å². The van der Waals surface area contributed by atoms with Crippen LogP contribution in [-0.2, 0) is 0 Å². The zero-order valence-electron chi connectivity index (χ0n) is 12.0. The first kappa shape index (κ1) is 18.9. The van der Waals surface area contributed by atoms with Gasteiger partial charge in [-0.15, -0.1) is 24.0 Å². The van der Waals surface area contributed by atoms with Gasteiger partial charge in [-0.25, -0.2) is 4.39 Å². The van der Waals surface area contributed by atoms with E-state index in [-0.39, 0.29) is 29.8 Å². The van der Waals surface area contributed by atoms with Crippen molar-refractivity contribution in [2.45, 2.75) is 32.7 Å². The van der Waals surface area contributed by atoms with Crippen molar-refractivity contribution in [3.05, 3.63) is 30.1 Å². The number of anilines is 1. The summed E-state index contributed by atoms with van der Waals surface area (Å²) in [5, 5.41) is 6.24. The molecule has 1 rings (SSSR count). The first-order valence-corrected chi connectivity index (χ1v) is 6.67. The molecule has 0 spiro atoms. The van der Waals surface area contributed by atoms with Gasteiger partial charge in [-0.3, -0.25) is 4.99 Å². The quantitative estimate of drug-likeness (QED) is 0.289. The van der Waals surface area contributed by atoms with E-state index in [0.29, 0.717) is 18.5 Å². The van der Waals surface area contributed by atoms with Crippen molar-refractivity contribution in [3.63, 3.8) is 0 Å². The van der Waals surface area contributed by atoms with Crippen LogP contribution in [0.4, 0.5) is 10.1 Å². The van der Waals surface area contributed by atoms with Gasteiger partial charge in [-0.1, -0.05) is 13.0 Å². The van der Waals surface area contributed by atoms with Crippen LogP contribution in [0, 0.1) is 5.82 Å². The summed E-state index contributed by atoms with van der Waals surface area (Å²) in [7, 11) is 0. The van der Waals surface area contributed by atoms with Gasteiger partial charge in [0.2, 0.25) is 0 Å². The lowest BCUT2D eigenvalue weighted by atomic mass is 10.3. The molecule has 4 N–H and O–H groups in total. The second-order valence-electron chi connectivity index (χ2n) is 4.51. The van der Waals surface area contributed by atoms with Crippen LogP contribution in [0.15, 0.2) is 29.3 Å². The van der Waals surface area contributed by atoms with Crippen molar-refractivity contribution in [1.29, 1.82) is 0 Å². The Morgan fingerprint density at radius 3 is 2.85 bits per heavy atom. The van der Waals surface area contributed by atoms with Crippen molar-refractivity contribution in [2.75, 3.05) is 18.4 Å². The van der Waals surface area contributed by atoms with Crippen molar-refractivity contribution < 1.29 is 4.39 Å². The second kappa shape index (κ2) is 10.7. The van der Waals surface area contributed by atoms with Gasteiger partial charge in [0.05, 0.1) is 0 Å². The number of aliphatic imine (C=N–C) groups is 1. The Labute approximate surface area is 137 Å². The van der Waals surface area contributed by atoms with Crippen LogP contribution in [-0.4, -0.2) is 25.1 Å². The minimum Gasteiger partial charge on any atom is -0.385 e. The minimum absolute atomic E-state index is 0. The maximum Gasteiger partial charge on any atom is 0.188 e. The Morgan fingerprint density at radius 1 is 1.45 bits per heavy atom. The lowest BCUT2D eigenvalue weighted by Crippen LogP contribution is -2.38. The third-order valence-corrected chi connectivity index (χ3v) is 2.78. The second-order valence-corrected chi connectivity index (χ2v) is 4.51. The Bertz CT molecular complexity index is 412. The molecule has 0 aliphatic rings. The third kappa shape index (κ3) is 8.19. The van der Waals surface area contributed by atoms with Crippen LogP contribution in [0.5, 0.6) is 0 Å². The van der Waals surface area contributed by atoms with E-state index in [0.717, 1.165) is 25.1 Å². The highest BCUT2D eigenvalue weighted by molar-refractivity contribution is 14.0. The highest BCUT2D eigenvalue weighted by atomic mass is 127. The molecule has 0 heterocycles. The van der Waals surface area contributed by atoms with E-state index in [4.69, 9.17) is 5.73 Å². The van der Waals surface area contributed by atoms with Crippen molar-refractivity contribution in [1.82, 2.24) is 5.32 Å². The van der Waals surface area contributed by atoms with Gasteiger partial charge in [-0.05, 0) is 38.0 Å². The fraction of sp³-hybridized carbons (Fsp3) is 0.500. The predicted molar refractivity (Wildman–Crippen MR) is 94.3 cm³/mol. The third-order valence-electron chi connectivity index (χ3n) is 2.78. The van der Waals surface area contributed by atoms with Crippen LogP contribution < -0.4 is 16.4 Å². The van der Waals surface area contributed by atoms with Crippen LogP contribution in [0.1, 0.15) is 26.7 Å². The molecule has 114 valence electrons. The monoisotopic (exact) mass is 394 g/mol. The van der Waals surface area contributed by atoms with Gasteiger partial charge in [0.15, 0.2) is 5.96 Å². The molecule has 0 bridgehead atoms. The number of nitrogens with two attached hydrogens (primary N) is 1. The zero-order valence-corrected chi connectivity index (χ0v) is 14.4. The fourth-order valence-electron chi connectivity index (χ4n) is 1.51. The van der Waals surface area contributed by atoms with Crippen LogP contribution >= 0.6 is 24.0 Å². The van der Waals surface area contributed by atoms with Gasteiger partial charge in [-0.2, -0.15) is 0 Å². The molecule has 0 aromatic heterocycles. The fourth-order valence-corrected chi connectivity index (χ4v) is 1.51. The number of nitrogens with zero attached hydrogens (tertiary/aromatic N) is 1. The van der Waals surface area contributed by atoms with E-state index in [2.05, 4.69) is 29.5 Å². The molecule has 1 aromatic carbocycles. The van der Waals surface area contributed by atoms with Crippen molar-refractivity contribution in [3.8, 4) is 0 Å². The number of hydrogen-bond acceptors (Lipinski definition) is 2. The Balaban J connectivity index is 0.00000361. The van der Waals surface area contributed by atoms with E-state index in [1.54, 1.807) is 6.07 Å². The average Bonchev–Trinajstić information content (AvgIpc) is 2.38. The minimum atomic E-state index is -0.231. The summed E-state index contributed by atoms with van der Waals surface area (Å²) in [4.78, 5) is 4.23. The highest BCUT2D eigenvalue weighted by Gasteiger charge is 1.98. The number of halogens is 2. The van der Waals surface area contributed by atoms with Gasteiger partial charge < -0.3 is 16.4 Å². The molecule has 4 nitrogen and oxygen atoms in total. The van der Waals surface area contributed by atoms with Gasteiger partial charge in [0.25, 0.3) is 0 Å². The Kier molecular flexibility index (Phi) is 10.1. The van der Waals surface area contributed by atoms with Crippen molar-refractivity contribution >= 4 is 35.6 Å². The molecule has 0 saturated heterocycles. The normalized spacial score (nSPS) is 12.4. The molecule has 0 aliphatic carbocycles. The zero-order chi connectivity index (χ0) is 14.1. The molecular weight excluding hydrogens is 370 g/mol. The van der Waals surface area contributed by atoms with Gasteiger partial charge in [0, 0.05) is 24.8 Å². The topological polar surface area (TPSA) is 62.4 Å². The number of hydrogen-bond donors (Lipinski definition) is 3. The van der Waals surface area contributed by atoms with Gasteiger partial charge in [0.1, 0.15) is 5.82 Å². The summed E-state index contributed by atoms with van der Waals surface area (Å²) in [5.41, 5.74) is 6.52. The Morgan fingerprint density at radius 2 is 2.20 bits per heavy atom. The van der Waals surface area contributed by atoms with Crippen LogP contribution in [0.2, 0.25) is 0 Å². The lowest BCUT2D eigenvalue weighted by molar-refractivity contribution is 0.628. The summed E-state index contributed by atoms with van der Waals surface area (Å²) in [6.45, 7) is 5.54. The van der Waals surface area contributed by atoms with Crippen molar-refractivity contribution in [2.24, 2.45) is 10.7 Å². The number of benzene rings is 1. The summed E-state index contributed by atoms with van der Waals surface area (Å²) < 4.78 is 12.9. The molecular formula is C14H24FIN4. The molecule has 20 heavy (non-hydrogen) atoms. The van der Waals surface area contributed by atoms with Crippen LogP contribution in [0.25, 0.3) is 0 Å². The largest absolute Gasteiger partial charge is 0.385 e. The smallest absolute Gasteiger partial charge is 0.188 e. The predicted octanol–water partition coefficient (Wildman–Crippen LogP) is 2.95. The summed E-state index contributed by atoms with van der Waals surface area (Å²) >= 11 is 0. The summed E-state index contributed by atoms with van der Waals surface area (Å²) in [6, 6.07) is 6.77. The molecule has 0 saturated carbocycles.